The average molecular weight is 242 g/mol. The Balaban J connectivity index is 2.32. The van der Waals surface area contributed by atoms with Gasteiger partial charge in [-0.1, -0.05) is 19.4 Å². The molecule has 0 radical (unpaired) electrons. The highest BCUT2D eigenvalue weighted by Gasteiger charge is 2.10. The van der Waals surface area contributed by atoms with Gasteiger partial charge in [0, 0.05) is 30.9 Å². The first-order chi connectivity index (χ1) is 8.85. The van der Waals surface area contributed by atoms with Crippen molar-refractivity contribution >= 4 is 5.82 Å². The summed E-state index contributed by atoms with van der Waals surface area (Å²) in [5.74, 6) is 0.929. The molecular formula is C14H18N4. The molecule has 2 rings (SSSR count). The van der Waals surface area contributed by atoms with Crippen LogP contribution >= 0.6 is 0 Å². The second-order valence-electron chi connectivity index (χ2n) is 4.15. The van der Waals surface area contributed by atoms with Gasteiger partial charge in [-0.15, -0.1) is 0 Å². The fourth-order valence-electron chi connectivity index (χ4n) is 2.00. The van der Waals surface area contributed by atoms with E-state index >= 15 is 0 Å². The third-order valence-corrected chi connectivity index (χ3v) is 2.85. The molecule has 1 N–H and O–H groups in total. The Hall–Kier alpha value is -1.97. The maximum absolute atomic E-state index is 4.41. The number of nitrogens with one attached hydrogen (secondary N) is 1. The second kappa shape index (κ2) is 6.10. The van der Waals surface area contributed by atoms with Crippen LogP contribution in [-0.2, 0) is 12.8 Å². The Morgan fingerprint density at radius 3 is 2.72 bits per heavy atom. The summed E-state index contributed by atoms with van der Waals surface area (Å²) in [5, 5.41) is 3.14. The van der Waals surface area contributed by atoms with E-state index in [1.807, 2.05) is 31.4 Å². The molecule has 2 aromatic heterocycles. The molecule has 0 saturated carbocycles. The van der Waals surface area contributed by atoms with Crippen molar-refractivity contribution in [3.63, 3.8) is 0 Å². The van der Waals surface area contributed by atoms with Gasteiger partial charge < -0.3 is 5.32 Å². The summed E-state index contributed by atoms with van der Waals surface area (Å²) >= 11 is 0. The standard InChI is InChI=1S/C14H18N4/c1-3-6-12-13(17-10-18-14(12)15-2)9-11-7-4-5-8-16-11/h4-5,7-8,10H,3,6,9H2,1-2H3,(H,15,17,18). The van der Waals surface area contributed by atoms with Gasteiger partial charge in [0.2, 0.25) is 0 Å². The van der Waals surface area contributed by atoms with Gasteiger partial charge in [0.1, 0.15) is 12.1 Å². The minimum Gasteiger partial charge on any atom is -0.373 e. The number of hydrogen-bond acceptors (Lipinski definition) is 4. The fraction of sp³-hybridized carbons (Fsp3) is 0.357. The first-order valence-electron chi connectivity index (χ1n) is 6.25. The summed E-state index contributed by atoms with van der Waals surface area (Å²) in [6.07, 6.45) is 6.25. The minimum atomic E-state index is 0.757. The lowest BCUT2D eigenvalue weighted by atomic mass is 10.1. The largest absolute Gasteiger partial charge is 0.373 e. The zero-order valence-electron chi connectivity index (χ0n) is 10.8. The first-order valence-corrected chi connectivity index (χ1v) is 6.25. The van der Waals surface area contributed by atoms with Gasteiger partial charge in [0.05, 0.1) is 5.69 Å². The normalized spacial score (nSPS) is 10.3. The highest BCUT2D eigenvalue weighted by atomic mass is 15.0. The molecule has 0 aliphatic carbocycles. The Morgan fingerprint density at radius 1 is 1.17 bits per heavy atom. The predicted molar refractivity (Wildman–Crippen MR) is 72.6 cm³/mol. The van der Waals surface area contributed by atoms with E-state index in [4.69, 9.17) is 0 Å². The summed E-state index contributed by atoms with van der Waals surface area (Å²) in [5.41, 5.74) is 3.30. The maximum atomic E-state index is 4.41. The maximum Gasteiger partial charge on any atom is 0.132 e. The quantitative estimate of drug-likeness (QED) is 0.875. The van der Waals surface area contributed by atoms with Gasteiger partial charge in [-0.2, -0.15) is 0 Å². The Labute approximate surface area is 108 Å². The van der Waals surface area contributed by atoms with Crippen molar-refractivity contribution in [1.82, 2.24) is 15.0 Å². The molecule has 0 bridgehead atoms. The van der Waals surface area contributed by atoms with Gasteiger partial charge in [-0.25, -0.2) is 9.97 Å². The van der Waals surface area contributed by atoms with Crippen LogP contribution in [0.3, 0.4) is 0 Å². The van der Waals surface area contributed by atoms with Crippen molar-refractivity contribution in [2.24, 2.45) is 0 Å². The molecule has 4 nitrogen and oxygen atoms in total. The van der Waals surface area contributed by atoms with Gasteiger partial charge in [0.15, 0.2) is 0 Å². The van der Waals surface area contributed by atoms with Crippen LogP contribution in [0.15, 0.2) is 30.7 Å². The molecule has 18 heavy (non-hydrogen) atoms. The molecule has 2 aromatic rings. The lowest BCUT2D eigenvalue weighted by Crippen LogP contribution is -2.06. The van der Waals surface area contributed by atoms with E-state index in [-0.39, 0.29) is 0 Å². The van der Waals surface area contributed by atoms with E-state index in [2.05, 4.69) is 27.2 Å². The lowest BCUT2D eigenvalue weighted by Gasteiger charge is -2.11. The van der Waals surface area contributed by atoms with Crippen LogP contribution < -0.4 is 5.32 Å². The molecule has 0 aliphatic rings. The van der Waals surface area contributed by atoms with Crippen LogP contribution in [-0.4, -0.2) is 22.0 Å². The van der Waals surface area contributed by atoms with Crippen molar-refractivity contribution in [2.45, 2.75) is 26.2 Å². The molecular weight excluding hydrogens is 224 g/mol. The molecule has 0 aromatic carbocycles. The van der Waals surface area contributed by atoms with Crippen LogP contribution in [0.5, 0.6) is 0 Å². The fourth-order valence-corrected chi connectivity index (χ4v) is 2.00. The third kappa shape index (κ3) is 2.83. The number of nitrogens with zero attached hydrogens (tertiary/aromatic N) is 3. The van der Waals surface area contributed by atoms with Gasteiger partial charge >= 0.3 is 0 Å². The smallest absolute Gasteiger partial charge is 0.132 e. The van der Waals surface area contributed by atoms with Gasteiger partial charge in [-0.05, 0) is 18.6 Å². The highest BCUT2D eigenvalue weighted by Crippen LogP contribution is 2.19. The van der Waals surface area contributed by atoms with Crippen molar-refractivity contribution in [1.29, 1.82) is 0 Å². The average Bonchev–Trinajstić information content (AvgIpc) is 2.42. The number of aromatic nitrogens is 3. The van der Waals surface area contributed by atoms with E-state index < -0.39 is 0 Å². The van der Waals surface area contributed by atoms with Crippen LogP contribution in [0.25, 0.3) is 0 Å². The second-order valence-corrected chi connectivity index (χ2v) is 4.15. The lowest BCUT2D eigenvalue weighted by molar-refractivity contribution is 0.862. The molecule has 0 amide bonds. The zero-order valence-corrected chi connectivity index (χ0v) is 10.8. The van der Waals surface area contributed by atoms with Gasteiger partial charge in [-0.3, -0.25) is 4.98 Å². The summed E-state index contributed by atoms with van der Waals surface area (Å²) in [4.78, 5) is 13.0. The molecule has 0 atom stereocenters. The van der Waals surface area contributed by atoms with E-state index in [0.29, 0.717) is 0 Å². The summed E-state index contributed by atoms with van der Waals surface area (Å²) < 4.78 is 0. The summed E-state index contributed by atoms with van der Waals surface area (Å²) in [7, 11) is 1.89. The number of anilines is 1. The molecule has 0 saturated heterocycles. The van der Waals surface area contributed by atoms with Crippen LogP contribution in [0.4, 0.5) is 5.82 Å². The zero-order chi connectivity index (χ0) is 12.8. The van der Waals surface area contributed by atoms with Crippen molar-refractivity contribution < 1.29 is 0 Å². The van der Waals surface area contributed by atoms with Gasteiger partial charge in [0.25, 0.3) is 0 Å². The number of pyridine rings is 1. The van der Waals surface area contributed by atoms with Crippen molar-refractivity contribution in [2.75, 3.05) is 12.4 Å². The van der Waals surface area contributed by atoms with Crippen molar-refractivity contribution in [3.8, 4) is 0 Å². The molecule has 0 spiro atoms. The SMILES string of the molecule is CCCc1c(Cc2ccccn2)ncnc1NC. The molecule has 0 fully saturated rings. The molecule has 94 valence electrons. The van der Waals surface area contributed by atoms with E-state index in [0.717, 1.165) is 36.5 Å². The Bertz CT molecular complexity index is 496. The highest BCUT2D eigenvalue weighted by molar-refractivity contribution is 5.46. The molecule has 4 heteroatoms. The first kappa shape index (κ1) is 12.5. The topological polar surface area (TPSA) is 50.7 Å². The number of rotatable bonds is 5. The summed E-state index contributed by atoms with van der Waals surface area (Å²) in [6.45, 7) is 2.16. The Kier molecular flexibility index (Phi) is 4.23. The molecule has 0 aliphatic heterocycles. The van der Waals surface area contributed by atoms with E-state index in [9.17, 15) is 0 Å². The van der Waals surface area contributed by atoms with E-state index in [1.54, 1.807) is 6.33 Å². The third-order valence-electron chi connectivity index (χ3n) is 2.85. The predicted octanol–water partition coefficient (Wildman–Crippen LogP) is 2.46. The van der Waals surface area contributed by atoms with Crippen LogP contribution in [0.2, 0.25) is 0 Å². The Morgan fingerprint density at radius 2 is 2.06 bits per heavy atom. The minimum absolute atomic E-state index is 0.757. The summed E-state index contributed by atoms with van der Waals surface area (Å²) in [6, 6.07) is 5.95. The molecule has 0 unspecified atom stereocenters. The van der Waals surface area contributed by atoms with E-state index in [1.165, 1.54) is 5.56 Å². The van der Waals surface area contributed by atoms with Crippen molar-refractivity contribution in [3.05, 3.63) is 47.7 Å². The van der Waals surface area contributed by atoms with Crippen LogP contribution in [0, 0.1) is 0 Å². The van der Waals surface area contributed by atoms with Crippen LogP contribution in [0.1, 0.15) is 30.3 Å². The molecule has 2 heterocycles. The number of hydrogen-bond donors (Lipinski definition) is 1. The monoisotopic (exact) mass is 242 g/mol.